The van der Waals surface area contributed by atoms with Gasteiger partial charge in [-0.05, 0) is 58.7 Å². The Morgan fingerprint density at radius 2 is 1.05 bits per heavy atom. The number of benzene rings is 6. The SMILES string of the molecule is N#Cc1ccccc1-c1cc(-c2ccc3oc4ccccc4c3c2)ccc1-c1cccc2c1oc1ccccc12. The third-order valence-electron chi connectivity index (χ3n) is 7.76. The van der Waals surface area contributed by atoms with Crippen LogP contribution in [-0.2, 0) is 0 Å². The second-order valence-electron chi connectivity index (χ2n) is 10.0. The molecule has 0 N–H and O–H groups in total. The Kier molecular flexibility index (Phi) is 4.89. The maximum Gasteiger partial charge on any atom is 0.143 e. The van der Waals surface area contributed by atoms with Gasteiger partial charge in [-0.2, -0.15) is 5.26 Å². The van der Waals surface area contributed by atoms with Gasteiger partial charge in [-0.25, -0.2) is 0 Å². The number of hydrogen-bond donors (Lipinski definition) is 0. The van der Waals surface area contributed by atoms with Gasteiger partial charge in [0.25, 0.3) is 0 Å². The van der Waals surface area contributed by atoms with Crippen LogP contribution in [0.2, 0.25) is 0 Å². The summed E-state index contributed by atoms with van der Waals surface area (Å²) in [6, 6.07) is 45.5. The highest BCUT2D eigenvalue weighted by molar-refractivity contribution is 6.11. The number of hydrogen-bond acceptors (Lipinski definition) is 3. The average molecular weight is 512 g/mol. The number of para-hydroxylation sites is 3. The lowest BCUT2D eigenvalue weighted by Crippen LogP contribution is -1.91. The first-order valence-electron chi connectivity index (χ1n) is 13.2. The molecule has 0 aliphatic carbocycles. The van der Waals surface area contributed by atoms with E-state index >= 15 is 0 Å². The van der Waals surface area contributed by atoms with Crippen LogP contribution in [0.4, 0.5) is 0 Å². The smallest absolute Gasteiger partial charge is 0.143 e. The number of fused-ring (bicyclic) bond motifs is 6. The van der Waals surface area contributed by atoms with Crippen molar-refractivity contribution in [2.45, 2.75) is 0 Å². The Bertz CT molecular complexity index is 2290. The van der Waals surface area contributed by atoms with Crippen LogP contribution in [0.1, 0.15) is 5.56 Å². The zero-order valence-electron chi connectivity index (χ0n) is 21.4. The average Bonchev–Trinajstić information content (AvgIpc) is 3.59. The third kappa shape index (κ3) is 3.37. The van der Waals surface area contributed by atoms with Crippen LogP contribution >= 0.6 is 0 Å². The predicted octanol–water partition coefficient (Wildman–Crippen LogP) is 10.4. The Balaban J connectivity index is 1.39. The molecule has 40 heavy (non-hydrogen) atoms. The van der Waals surface area contributed by atoms with Gasteiger partial charge in [0.1, 0.15) is 22.3 Å². The van der Waals surface area contributed by atoms with Gasteiger partial charge in [0, 0.05) is 32.7 Å². The molecule has 0 fully saturated rings. The maximum atomic E-state index is 10.0. The molecule has 0 unspecified atom stereocenters. The van der Waals surface area contributed by atoms with E-state index in [1.165, 1.54) is 0 Å². The normalized spacial score (nSPS) is 11.5. The maximum absolute atomic E-state index is 10.0. The number of furan rings is 2. The van der Waals surface area contributed by atoms with E-state index in [4.69, 9.17) is 8.83 Å². The van der Waals surface area contributed by atoms with Crippen LogP contribution in [0.15, 0.2) is 136 Å². The lowest BCUT2D eigenvalue weighted by molar-refractivity contribution is 0.669. The van der Waals surface area contributed by atoms with Crippen molar-refractivity contribution in [1.82, 2.24) is 0 Å². The molecular weight excluding hydrogens is 490 g/mol. The van der Waals surface area contributed by atoms with Gasteiger partial charge < -0.3 is 8.83 Å². The zero-order valence-corrected chi connectivity index (χ0v) is 21.4. The molecule has 0 aliphatic rings. The fourth-order valence-corrected chi connectivity index (χ4v) is 5.86. The topological polar surface area (TPSA) is 50.1 Å². The van der Waals surface area contributed by atoms with Crippen LogP contribution in [0.3, 0.4) is 0 Å². The van der Waals surface area contributed by atoms with Gasteiger partial charge >= 0.3 is 0 Å². The van der Waals surface area contributed by atoms with Crippen molar-refractivity contribution in [3.05, 3.63) is 133 Å². The summed E-state index contributed by atoms with van der Waals surface area (Å²) in [5.74, 6) is 0. The minimum atomic E-state index is 0.633. The van der Waals surface area contributed by atoms with Gasteiger partial charge in [0.2, 0.25) is 0 Å². The summed E-state index contributed by atoms with van der Waals surface area (Å²) in [4.78, 5) is 0. The van der Waals surface area contributed by atoms with Crippen molar-refractivity contribution in [1.29, 1.82) is 5.26 Å². The van der Waals surface area contributed by atoms with Crippen molar-refractivity contribution < 1.29 is 8.83 Å². The Morgan fingerprint density at radius 1 is 0.425 bits per heavy atom. The Labute approximate surface area is 230 Å². The largest absolute Gasteiger partial charge is 0.456 e. The molecule has 3 heteroatoms. The van der Waals surface area contributed by atoms with E-state index in [1.807, 2.05) is 66.7 Å². The summed E-state index contributed by atoms with van der Waals surface area (Å²) >= 11 is 0. The quantitative estimate of drug-likeness (QED) is 0.237. The molecule has 2 aromatic heterocycles. The first kappa shape index (κ1) is 22.4. The number of rotatable bonds is 3. The molecule has 6 aromatic carbocycles. The minimum absolute atomic E-state index is 0.633. The highest BCUT2D eigenvalue weighted by atomic mass is 16.3. The minimum Gasteiger partial charge on any atom is -0.456 e. The second-order valence-corrected chi connectivity index (χ2v) is 10.0. The molecule has 8 rings (SSSR count). The second kappa shape index (κ2) is 8.73. The van der Waals surface area contributed by atoms with Crippen LogP contribution < -0.4 is 0 Å². The van der Waals surface area contributed by atoms with Gasteiger partial charge in [-0.15, -0.1) is 0 Å². The van der Waals surface area contributed by atoms with E-state index in [2.05, 4.69) is 66.7 Å². The fourth-order valence-electron chi connectivity index (χ4n) is 5.86. The fraction of sp³-hybridized carbons (Fsp3) is 0. The Hall–Kier alpha value is -5.59. The van der Waals surface area contributed by atoms with E-state index in [-0.39, 0.29) is 0 Å². The van der Waals surface area contributed by atoms with Gasteiger partial charge in [-0.3, -0.25) is 0 Å². The van der Waals surface area contributed by atoms with E-state index < -0.39 is 0 Å². The van der Waals surface area contributed by atoms with Crippen molar-refractivity contribution in [2.75, 3.05) is 0 Å². The molecule has 0 atom stereocenters. The summed E-state index contributed by atoms with van der Waals surface area (Å²) in [7, 11) is 0. The van der Waals surface area contributed by atoms with Crippen molar-refractivity contribution >= 4 is 43.9 Å². The standard InChI is InChI=1S/C37H21NO2/c38-22-25-8-1-2-9-26(25)32-20-23(24-17-19-36-33(21-24)29-11-4-5-14-34(29)39-36)16-18-27(32)30-12-7-13-31-28-10-3-6-15-35(28)40-37(30)31/h1-21H. The number of nitrogens with zero attached hydrogens (tertiary/aromatic N) is 1. The van der Waals surface area contributed by atoms with E-state index in [0.717, 1.165) is 77.3 Å². The van der Waals surface area contributed by atoms with Gasteiger partial charge in [0.15, 0.2) is 0 Å². The highest BCUT2D eigenvalue weighted by Gasteiger charge is 2.18. The molecule has 0 saturated heterocycles. The van der Waals surface area contributed by atoms with Gasteiger partial charge in [0.05, 0.1) is 11.6 Å². The van der Waals surface area contributed by atoms with Crippen molar-refractivity contribution in [3.63, 3.8) is 0 Å². The summed E-state index contributed by atoms with van der Waals surface area (Å²) < 4.78 is 12.5. The molecule has 0 amide bonds. The van der Waals surface area contributed by atoms with Crippen molar-refractivity contribution in [3.8, 4) is 39.4 Å². The molecule has 0 bridgehead atoms. The van der Waals surface area contributed by atoms with Crippen LogP contribution in [0.25, 0.3) is 77.3 Å². The number of nitriles is 1. The molecule has 0 saturated carbocycles. The summed E-state index contributed by atoms with van der Waals surface area (Å²) in [6.07, 6.45) is 0. The molecule has 2 heterocycles. The van der Waals surface area contributed by atoms with Crippen LogP contribution in [0.5, 0.6) is 0 Å². The molecule has 3 nitrogen and oxygen atoms in total. The monoisotopic (exact) mass is 511 g/mol. The summed E-state index contributed by atoms with van der Waals surface area (Å²) in [5, 5.41) is 14.4. The zero-order chi connectivity index (χ0) is 26.6. The van der Waals surface area contributed by atoms with Gasteiger partial charge in [-0.1, -0.05) is 91.0 Å². The van der Waals surface area contributed by atoms with E-state index in [1.54, 1.807) is 0 Å². The van der Waals surface area contributed by atoms with Crippen molar-refractivity contribution in [2.24, 2.45) is 0 Å². The Morgan fingerprint density at radius 3 is 1.90 bits per heavy atom. The first-order valence-corrected chi connectivity index (χ1v) is 13.2. The summed E-state index contributed by atoms with van der Waals surface area (Å²) in [6.45, 7) is 0. The molecular formula is C37H21NO2. The first-order chi connectivity index (χ1) is 19.8. The lowest BCUT2D eigenvalue weighted by Gasteiger charge is -2.14. The third-order valence-corrected chi connectivity index (χ3v) is 7.76. The summed E-state index contributed by atoms with van der Waals surface area (Å²) in [5.41, 5.74) is 10.1. The van der Waals surface area contributed by atoms with E-state index in [0.29, 0.717) is 5.56 Å². The molecule has 0 aliphatic heterocycles. The highest BCUT2D eigenvalue weighted by Crippen LogP contribution is 2.42. The van der Waals surface area contributed by atoms with E-state index in [9.17, 15) is 5.26 Å². The molecule has 0 spiro atoms. The molecule has 186 valence electrons. The van der Waals surface area contributed by atoms with Crippen LogP contribution in [0, 0.1) is 11.3 Å². The predicted molar refractivity (Wildman–Crippen MR) is 162 cm³/mol. The lowest BCUT2D eigenvalue weighted by atomic mass is 9.88. The molecule has 0 radical (unpaired) electrons. The molecule has 8 aromatic rings. The van der Waals surface area contributed by atoms with Crippen LogP contribution in [-0.4, -0.2) is 0 Å².